The van der Waals surface area contributed by atoms with Gasteiger partial charge in [-0.1, -0.05) is 48.0 Å². The summed E-state index contributed by atoms with van der Waals surface area (Å²) in [6.07, 6.45) is 0.454. The van der Waals surface area contributed by atoms with Crippen LogP contribution in [0, 0.1) is 6.92 Å². The van der Waals surface area contributed by atoms with E-state index in [1.54, 1.807) is 0 Å². The number of hydrogen-bond acceptors (Lipinski definition) is 6. The van der Waals surface area contributed by atoms with Gasteiger partial charge in [-0.05, 0) is 24.6 Å². The average Bonchev–Trinajstić information content (AvgIpc) is 3.20. The Morgan fingerprint density at radius 1 is 1.10 bits per heavy atom. The van der Waals surface area contributed by atoms with Crippen molar-refractivity contribution in [3.05, 3.63) is 81.8 Å². The molecule has 0 unspecified atom stereocenters. The molecule has 3 rings (SSSR count). The standard InChI is InChI=1S/C23H24N2O4S/c1-16-8-10-19(11-9-16)29-14-22-24-18(15-30-22)13-21(26)25-20(23(27)28-2)12-17-6-4-3-5-7-17/h3-11,15,20H,12-14H2,1-2H3,(H,25,26)/t20-/m0/s1. The molecule has 0 radical (unpaired) electrons. The van der Waals surface area contributed by atoms with E-state index in [9.17, 15) is 9.59 Å². The Bertz CT molecular complexity index is 970. The molecule has 0 fully saturated rings. The first-order valence-corrected chi connectivity index (χ1v) is 10.5. The number of aromatic nitrogens is 1. The molecular weight excluding hydrogens is 400 g/mol. The lowest BCUT2D eigenvalue weighted by Crippen LogP contribution is -2.43. The highest BCUT2D eigenvalue weighted by molar-refractivity contribution is 7.09. The molecule has 0 aliphatic heterocycles. The van der Waals surface area contributed by atoms with Crippen LogP contribution in [0.25, 0.3) is 0 Å². The molecule has 0 saturated carbocycles. The number of nitrogens with zero attached hydrogens (tertiary/aromatic N) is 1. The van der Waals surface area contributed by atoms with Crippen LogP contribution in [0.3, 0.4) is 0 Å². The van der Waals surface area contributed by atoms with Gasteiger partial charge in [-0.15, -0.1) is 11.3 Å². The second kappa shape index (κ2) is 10.5. The lowest BCUT2D eigenvalue weighted by atomic mass is 10.1. The van der Waals surface area contributed by atoms with Crippen molar-refractivity contribution in [2.45, 2.75) is 32.4 Å². The molecule has 1 heterocycles. The molecule has 0 saturated heterocycles. The van der Waals surface area contributed by atoms with Crippen LogP contribution in [0.1, 0.15) is 21.8 Å². The van der Waals surface area contributed by atoms with E-state index in [-0.39, 0.29) is 12.3 Å². The van der Waals surface area contributed by atoms with Crippen LogP contribution >= 0.6 is 11.3 Å². The smallest absolute Gasteiger partial charge is 0.328 e. The van der Waals surface area contributed by atoms with E-state index < -0.39 is 12.0 Å². The Morgan fingerprint density at radius 3 is 2.53 bits per heavy atom. The maximum Gasteiger partial charge on any atom is 0.328 e. The molecule has 7 heteroatoms. The third kappa shape index (κ3) is 6.42. The molecule has 0 aliphatic carbocycles. The van der Waals surface area contributed by atoms with E-state index in [0.29, 0.717) is 18.7 Å². The minimum Gasteiger partial charge on any atom is -0.486 e. The van der Waals surface area contributed by atoms with E-state index in [2.05, 4.69) is 10.3 Å². The molecular formula is C23H24N2O4S. The van der Waals surface area contributed by atoms with Gasteiger partial charge in [0.25, 0.3) is 0 Å². The number of hydrogen-bond donors (Lipinski definition) is 1. The van der Waals surface area contributed by atoms with Gasteiger partial charge in [-0.25, -0.2) is 9.78 Å². The van der Waals surface area contributed by atoms with Gasteiger partial charge in [0.05, 0.1) is 19.2 Å². The first-order valence-electron chi connectivity index (χ1n) is 9.57. The first kappa shape index (κ1) is 21.5. The van der Waals surface area contributed by atoms with Crippen LogP contribution in [0.4, 0.5) is 0 Å². The maximum absolute atomic E-state index is 12.5. The molecule has 1 amide bonds. The summed E-state index contributed by atoms with van der Waals surface area (Å²) in [5.41, 5.74) is 2.75. The van der Waals surface area contributed by atoms with Gasteiger partial charge < -0.3 is 14.8 Å². The summed E-state index contributed by atoms with van der Waals surface area (Å²) in [5.74, 6) is 0.0206. The predicted octanol–water partition coefficient (Wildman–Crippen LogP) is 3.47. The number of rotatable bonds is 9. The number of nitrogens with one attached hydrogen (secondary N) is 1. The predicted molar refractivity (Wildman–Crippen MR) is 115 cm³/mol. The van der Waals surface area contributed by atoms with Crippen LogP contribution in [0.5, 0.6) is 5.75 Å². The van der Waals surface area contributed by atoms with Gasteiger partial charge in [0, 0.05) is 11.8 Å². The summed E-state index contributed by atoms with van der Waals surface area (Å²) in [6, 6.07) is 16.5. The first-order chi connectivity index (χ1) is 14.5. The number of esters is 1. The highest BCUT2D eigenvalue weighted by Gasteiger charge is 2.22. The van der Waals surface area contributed by atoms with Crippen molar-refractivity contribution >= 4 is 23.2 Å². The summed E-state index contributed by atoms with van der Waals surface area (Å²) in [7, 11) is 1.31. The number of aryl methyl sites for hydroxylation is 1. The Morgan fingerprint density at radius 2 is 1.83 bits per heavy atom. The minimum atomic E-state index is -0.743. The monoisotopic (exact) mass is 424 g/mol. The Balaban J connectivity index is 1.54. The molecule has 1 atom stereocenters. The molecule has 1 N–H and O–H groups in total. The topological polar surface area (TPSA) is 77.5 Å². The molecule has 6 nitrogen and oxygen atoms in total. The van der Waals surface area contributed by atoms with Crippen LogP contribution in [-0.2, 0) is 33.8 Å². The lowest BCUT2D eigenvalue weighted by Gasteiger charge is -2.16. The summed E-state index contributed by atoms with van der Waals surface area (Å²) in [5, 5.41) is 5.37. The van der Waals surface area contributed by atoms with E-state index >= 15 is 0 Å². The average molecular weight is 425 g/mol. The van der Waals surface area contributed by atoms with E-state index in [1.807, 2.05) is 66.9 Å². The number of methoxy groups -OCH3 is 1. The minimum absolute atomic E-state index is 0.0866. The van der Waals surface area contributed by atoms with Gasteiger partial charge in [-0.2, -0.15) is 0 Å². The zero-order valence-corrected chi connectivity index (χ0v) is 17.8. The van der Waals surface area contributed by atoms with Crippen molar-refractivity contribution in [3.8, 4) is 5.75 Å². The molecule has 156 valence electrons. The fourth-order valence-corrected chi connectivity index (χ4v) is 3.58. The van der Waals surface area contributed by atoms with Gasteiger partial charge in [0.1, 0.15) is 23.4 Å². The number of carbonyl (C=O) groups excluding carboxylic acids is 2. The van der Waals surface area contributed by atoms with Gasteiger partial charge in [0.15, 0.2) is 0 Å². The number of amides is 1. The lowest BCUT2D eigenvalue weighted by molar-refractivity contribution is -0.145. The van der Waals surface area contributed by atoms with Gasteiger partial charge in [0.2, 0.25) is 5.91 Å². The largest absolute Gasteiger partial charge is 0.486 e. The fraction of sp³-hybridized carbons (Fsp3) is 0.261. The maximum atomic E-state index is 12.5. The van der Waals surface area contributed by atoms with Crippen LogP contribution < -0.4 is 10.1 Å². The molecule has 2 aromatic carbocycles. The van der Waals surface area contributed by atoms with Gasteiger partial charge >= 0.3 is 5.97 Å². The van der Waals surface area contributed by atoms with Gasteiger partial charge in [-0.3, -0.25) is 4.79 Å². The van der Waals surface area contributed by atoms with Crippen LogP contribution in [0.2, 0.25) is 0 Å². The van der Waals surface area contributed by atoms with Crippen molar-refractivity contribution in [2.75, 3.05) is 7.11 Å². The van der Waals surface area contributed by atoms with E-state index in [1.165, 1.54) is 24.0 Å². The zero-order chi connectivity index (χ0) is 21.3. The highest BCUT2D eigenvalue weighted by Crippen LogP contribution is 2.16. The number of benzene rings is 2. The van der Waals surface area contributed by atoms with Crippen molar-refractivity contribution < 1.29 is 19.1 Å². The molecule has 0 bridgehead atoms. The molecule has 30 heavy (non-hydrogen) atoms. The van der Waals surface area contributed by atoms with Crippen molar-refractivity contribution in [3.63, 3.8) is 0 Å². The molecule has 1 aromatic heterocycles. The van der Waals surface area contributed by atoms with Crippen LogP contribution in [0.15, 0.2) is 60.0 Å². The third-order valence-electron chi connectivity index (χ3n) is 4.43. The summed E-state index contributed by atoms with van der Waals surface area (Å²) in [6.45, 7) is 2.36. The molecule has 3 aromatic rings. The number of ether oxygens (including phenoxy) is 2. The Hall–Kier alpha value is -3.19. The summed E-state index contributed by atoms with van der Waals surface area (Å²) < 4.78 is 10.6. The Kier molecular flexibility index (Phi) is 7.57. The fourth-order valence-electron chi connectivity index (χ4n) is 2.87. The third-order valence-corrected chi connectivity index (χ3v) is 5.30. The summed E-state index contributed by atoms with van der Waals surface area (Å²) >= 11 is 1.44. The van der Waals surface area contributed by atoms with Crippen molar-refractivity contribution in [1.29, 1.82) is 0 Å². The number of thiazole rings is 1. The quantitative estimate of drug-likeness (QED) is 0.532. The van der Waals surface area contributed by atoms with Crippen LogP contribution in [-0.4, -0.2) is 30.0 Å². The normalized spacial score (nSPS) is 11.5. The highest BCUT2D eigenvalue weighted by atomic mass is 32.1. The Labute approximate surface area is 179 Å². The second-order valence-corrected chi connectivity index (χ2v) is 7.79. The van der Waals surface area contributed by atoms with E-state index in [0.717, 1.165) is 16.3 Å². The van der Waals surface area contributed by atoms with Crippen molar-refractivity contribution in [2.24, 2.45) is 0 Å². The zero-order valence-electron chi connectivity index (χ0n) is 17.0. The van der Waals surface area contributed by atoms with Crippen molar-refractivity contribution in [1.82, 2.24) is 10.3 Å². The summed E-state index contributed by atoms with van der Waals surface area (Å²) in [4.78, 5) is 29.0. The molecule has 0 aliphatic rings. The SMILES string of the molecule is COC(=O)[C@H](Cc1ccccc1)NC(=O)Cc1csc(COc2ccc(C)cc2)n1. The molecule has 0 spiro atoms. The second-order valence-electron chi connectivity index (χ2n) is 6.84. The number of carbonyl (C=O) groups is 2. The van der Waals surface area contributed by atoms with E-state index in [4.69, 9.17) is 9.47 Å².